The normalized spacial score (nSPS) is 17.4. The minimum Gasteiger partial charge on any atom is -0.371 e. The Labute approximate surface area is 290 Å². The average molecular weight is 748 g/mol. The number of amides is 1. The quantitative estimate of drug-likeness (QED) is 0.318. The molecule has 0 saturated carbocycles. The molecule has 3 aliphatic heterocycles. The van der Waals surface area contributed by atoms with Gasteiger partial charge in [-0.2, -0.15) is 26.3 Å². The van der Waals surface area contributed by atoms with Crippen LogP contribution in [0.1, 0.15) is 34.3 Å². The fourth-order valence-corrected chi connectivity index (χ4v) is 6.92. The number of nitrogens with one attached hydrogen (secondary N) is 1. The van der Waals surface area contributed by atoms with Gasteiger partial charge in [0.05, 0.1) is 21.6 Å². The van der Waals surface area contributed by atoms with Crippen LogP contribution in [-0.2, 0) is 22.2 Å². The number of halogens is 8. The maximum absolute atomic E-state index is 14.0. The Balaban J connectivity index is 0.000000248. The maximum atomic E-state index is 14.0. The molecule has 0 bridgehead atoms. The average Bonchev–Trinajstić information content (AvgIpc) is 3.62. The van der Waals surface area contributed by atoms with E-state index in [1.165, 1.54) is 24.3 Å². The van der Waals surface area contributed by atoms with Gasteiger partial charge < -0.3 is 24.9 Å². The van der Waals surface area contributed by atoms with Crippen molar-refractivity contribution in [2.75, 3.05) is 86.4 Å². The third-order valence-electron chi connectivity index (χ3n) is 9.00. The van der Waals surface area contributed by atoms with E-state index in [0.717, 1.165) is 69.5 Å². The second kappa shape index (κ2) is 15.2. The standard InChI is InChI=1S/C23H25F4N3O3S.C11H12F4N2/c1-34(32,33)17-5-7-21(29-8-2-3-9-29)18(15-17)22(31)30-12-10-28(11-13-30)16-4-6-19(20(24)14-16)23(25,26)27;12-10-7-8(17-5-3-16-4-6-17)1-2-9(10)11(13,14)15/h4-7,14-15H,2-3,8-13H2,1H3;1-2,7,16H,3-6H2. The summed E-state index contributed by atoms with van der Waals surface area (Å²) in [5.41, 5.74) is -0.700. The number of hydrogen-bond acceptors (Lipinski definition) is 7. The third-order valence-corrected chi connectivity index (χ3v) is 10.1. The van der Waals surface area contributed by atoms with Crippen LogP contribution in [-0.4, -0.2) is 90.9 Å². The number of benzene rings is 3. The van der Waals surface area contributed by atoms with E-state index in [1.54, 1.807) is 15.9 Å². The minimum atomic E-state index is -4.76. The number of rotatable bonds is 5. The van der Waals surface area contributed by atoms with Crippen LogP contribution >= 0.6 is 0 Å². The first-order valence-electron chi connectivity index (χ1n) is 16.3. The van der Waals surface area contributed by atoms with E-state index in [2.05, 4.69) is 10.2 Å². The second-order valence-electron chi connectivity index (χ2n) is 12.5. The van der Waals surface area contributed by atoms with Gasteiger partial charge in [0, 0.05) is 88.8 Å². The monoisotopic (exact) mass is 747 g/mol. The number of carbonyl (C=O) groups is 1. The molecule has 3 fully saturated rings. The predicted molar refractivity (Wildman–Crippen MR) is 177 cm³/mol. The van der Waals surface area contributed by atoms with Gasteiger partial charge in [-0.3, -0.25) is 4.79 Å². The lowest BCUT2D eigenvalue weighted by atomic mass is 10.1. The molecule has 6 rings (SSSR count). The first-order chi connectivity index (χ1) is 23.9. The van der Waals surface area contributed by atoms with Gasteiger partial charge in [0.1, 0.15) is 11.6 Å². The Kier molecular flexibility index (Phi) is 11.4. The van der Waals surface area contributed by atoms with Crippen molar-refractivity contribution < 1.29 is 48.3 Å². The van der Waals surface area contributed by atoms with Crippen LogP contribution in [0, 0.1) is 11.6 Å². The first kappa shape index (κ1) is 38.1. The number of nitrogens with zero attached hydrogens (tertiary/aromatic N) is 4. The summed E-state index contributed by atoms with van der Waals surface area (Å²) < 4.78 is 127. The van der Waals surface area contributed by atoms with Gasteiger partial charge in [-0.15, -0.1) is 0 Å². The molecule has 51 heavy (non-hydrogen) atoms. The van der Waals surface area contributed by atoms with Crippen LogP contribution in [0.3, 0.4) is 0 Å². The first-order valence-corrected chi connectivity index (χ1v) is 18.1. The summed E-state index contributed by atoms with van der Waals surface area (Å²) in [6, 6.07) is 10.5. The van der Waals surface area contributed by atoms with Crippen molar-refractivity contribution in [2.45, 2.75) is 30.1 Å². The fourth-order valence-electron chi connectivity index (χ4n) is 6.27. The second-order valence-corrected chi connectivity index (χ2v) is 14.5. The van der Waals surface area contributed by atoms with Crippen molar-refractivity contribution in [2.24, 2.45) is 0 Å². The summed E-state index contributed by atoms with van der Waals surface area (Å²) in [4.78, 5) is 20.7. The van der Waals surface area contributed by atoms with Crippen LogP contribution in [0.4, 0.5) is 52.2 Å². The third kappa shape index (κ3) is 9.22. The van der Waals surface area contributed by atoms with Gasteiger partial charge in [-0.1, -0.05) is 0 Å². The van der Waals surface area contributed by atoms with E-state index in [1.807, 2.05) is 4.90 Å². The van der Waals surface area contributed by atoms with Crippen LogP contribution in [0.2, 0.25) is 0 Å². The molecule has 1 amide bonds. The lowest BCUT2D eigenvalue weighted by molar-refractivity contribution is -0.140. The Morgan fingerprint density at radius 3 is 1.59 bits per heavy atom. The zero-order valence-electron chi connectivity index (χ0n) is 27.6. The molecule has 3 saturated heterocycles. The maximum Gasteiger partial charge on any atom is 0.419 e. The Morgan fingerprint density at radius 2 is 1.14 bits per heavy atom. The molecule has 1 N–H and O–H groups in total. The van der Waals surface area contributed by atoms with E-state index < -0.39 is 45.0 Å². The highest BCUT2D eigenvalue weighted by Gasteiger charge is 2.35. The molecular formula is C34H37F8N5O3S. The molecule has 3 aliphatic rings. The predicted octanol–water partition coefficient (Wildman–Crippen LogP) is 6.06. The van der Waals surface area contributed by atoms with Crippen LogP contribution < -0.4 is 20.0 Å². The van der Waals surface area contributed by atoms with E-state index in [-0.39, 0.29) is 23.9 Å². The van der Waals surface area contributed by atoms with E-state index in [4.69, 9.17) is 0 Å². The van der Waals surface area contributed by atoms with Gasteiger partial charge >= 0.3 is 12.4 Å². The molecule has 0 spiro atoms. The lowest BCUT2D eigenvalue weighted by Crippen LogP contribution is -2.49. The zero-order chi connectivity index (χ0) is 37.1. The van der Waals surface area contributed by atoms with E-state index in [9.17, 15) is 48.3 Å². The Hall–Kier alpha value is -4.12. The zero-order valence-corrected chi connectivity index (χ0v) is 28.4. The highest BCUT2D eigenvalue weighted by atomic mass is 32.2. The SMILES string of the molecule is CS(=O)(=O)c1ccc(N2CCCC2)c(C(=O)N2CCN(c3ccc(C(F)(F)F)c(F)c3)CC2)c1.Fc1cc(N2CCNCC2)ccc1C(F)(F)F. The largest absolute Gasteiger partial charge is 0.419 e. The van der Waals surface area contributed by atoms with Crippen molar-refractivity contribution in [1.82, 2.24) is 10.2 Å². The van der Waals surface area contributed by atoms with Crippen molar-refractivity contribution in [3.8, 4) is 0 Å². The summed E-state index contributed by atoms with van der Waals surface area (Å²) >= 11 is 0. The summed E-state index contributed by atoms with van der Waals surface area (Å²) in [6.07, 6.45) is -6.32. The van der Waals surface area contributed by atoms with Crippen LogP contribution in [0.15, 0.2) is 59.5 Å². The van der Waals surface area contributed by atoms with Gasteiger partial charge in [-0.05, 0) is 67.4 Å². The van der Waals surface area contributed by atoms with E-state index in [0.29, 0.717) is 48.8 Å². The summed E-state index contributed by atoms with van der Waals surface area (Å²) in [7, 11) is -3.51. The van der Waals surface area contributed by atoms with Crippen molar-refractivity contribution in [3.63, 3.8) is 0 Å². The molecule has 0 radical (unpaired) electrons. The molecule has 3 heterocycles. The Morgan fingerprint density at radius 1 is 0.647 bits per heavy atom. The summed E-state index contributed by atoms with van der Waals surface area (Å²) in [5, 5.41) is 3.12. The summed E-state index contributed by atoms with van der Waals surface area (Å²) in [5.74, 6) is -2.85. The molecule has 3 aromatic rings. The molecule has 278 valence electrons. The van der Waals surface area contributed by atoms with Crippen molar-refractivity contribution in [3.05, 3.63) is 82.9 Å². The highest BCUT2D eigenvalue weighted by Crippen LogP contribution is 2.35. The Bertz CT molecular complexity index is 1820. The smallest absolute Gasteiger partial charge is 0.371 e. The number of sulfone groups is 1. The lowest BCUT2D eigenvalue weighted by Gasteiger charge is -2.37. The molecule has 8 nitrogen and oxygen atoms in total. The molecule has 0 unspecified atom stereocenters. The van der Waals surface area contributed by atoms with Gasteiger partial charge in [-0.25, -0.2) is 17.2 Å². The fraction of sp³-hybridized carbons (Fsp3) is 0.441. The molecule has 0 atom stereocenters. The molecular weight excluding hydrogens is 710 g/mol. The topological polar surface area (TPSA) is 76.2 Å². The highest BCUT2D eigenvalue weighted by molar-refractivity contribution is 7.90. The number of carbonyl (C=O) groups excluding carboxylic acids is 1. The number of alkyl halides is 6. The van der Waals surface area contributed by atoms with Crippen molar-refractivity contribution in [1.29, 1.82) is 0 Å². The molecule has 17 heteroatoms. The van der Waals surface area contributed by atoms with Crippen molar-refractivity contribution >= 4 is 32.8 Å². The number of piperazine rings is 2. The van der Waals surface area contributed by atoms with Gasteiger partial charge in [0.2, 0.25) is 0 Å². The van der Waals surface area contributed by atoms with Gasteiger partial charge in [0.25, 0.3) is 5.91 Å². The van der Waals surface area contributed by atoms with Crippen LogP contribution in [0.5, 0.6) is 0 Å². The molecule has 0 aliphatic carbocycles. The van der Waals surface area contributed by atoms with E-state index >= 15 is 0 Å². The number of hydrogen-bond donors (Lipinski definition) is 1. The number of anilines is 3. The van der Waals surface area contributed by atoms with Crippen LogP contribution in [0.25, 0.3) is 0 Å². The summed E-state index contributed by atoms with van der Waals surface area (Å²) in [6.45, 7) is 5.56. The molecule has 0 aromatic heterocycles. The molecule has 3 aromatic carbocycles. The van der Waals surface area contributed by atoms with Gasteiger partial charge in [0.15, 0.2) is 9.84 Å². The minimum absolute atomic E-state index is 0.0673.